The van der Waals surface area contributed by atoms with Crippen molar-refractivity contribution in [2.24, 2.45) is 11.8 Å². The van der Waals surface area contributed by atoms with Crippen LogP contribution in [0.25, 0.3) is 0 Å². The van der Waals surface area contributed by atoms with E-state index in [1.807, 2.05) is 0 Å². The van der Waals surface area contributed by atoms with Crippen LogP contribution in [0.15, 0.2) is 0 Å². The second-order valence-electron chi connectivity index (χ2n) is 6.62. The van der Waals surface area contributed by atoms with Crippen LogP contribution < -0.4 is 5.32 Å². The predicted molar refractivity (Wildman–Crippen MR) is 75.7 cm³/mol. The fourth-order valence-electron chi connectivity index (χ4n) is 3.18. The SMILES string of the molecule is CC(C)CC1NC(C(C)C)C(=O)N1C1CCOCC1. The van der Waals surface area contributed by atoms with E-state index in [0.29, 0.717) is 23.8 Å². The normalized spacial score (nSPS) is 29.8. The molecule has 0 bridgehead atoms. The summed E-state index contributed by atoms with van der Waals surface area (Å²) in [7, 11) is 0. The van der Waals surface area contributed by atoms with Crippen molar-refractivity contribution >= 4 is 5.91 Å². The zero-order valence-electron chi connectivity index (χ0n) is 12.7. The molecule has 2 atom stereocenters. The van der Waals surface area contributed by atoms with Gasteiger partial charge >= 0.3 is 0 Å². The number of hydrogen-bond donors (Lipinski definition) is 1. The van der Waals surface area contributed by atoms with E-state index in [1.54, 1.807) is 0 Å². The van der Waals surface area contributed by atoms with Crippen LogP contribution in [0.1, 0.15) is 47.0 Å². The van der Waals surface area contributed by atoms with E-state index < -0.39 is 0 Å². The molecule has 0 saturated carbocycles. The molecule has 2 unspecified atom stereocenters. The standard InChI is InChI=1S/C15H28N2O2/c1-10(2)9-13-16-14(11(3)4)15(18)17(13)12-5-7-19-8-6-12/h10-14,16H,5-9H2,1-4H3. The first-order valence-electron chi connectivity index (χ1n) is 7.66. The number of rotatable bonds is 4. The Morgan fingerprint density at radius 1 is 1.26 bits per heavy atom. The van der Waals surface area contributed by atoms with Crippen LogP contribution in [0, 0.1) is 11.8 Å². The summed E-state index contributed by atoms with van der Waals surface area (Å²) in [5, 5.41) is 3.55. The Morgan fingerprint density at radius 3 is 2.42 bits per heavy atom. The van der Waals surface area contributed by atoms with Crippen LogP contribution in [0.3, 0.4) is 0 Å². The van der Waals surface area contributed by atoms with Crippen LogP contribution in [-0.4, -0.2) is 42.3 Å². The van der Waals surface area contributed by atoms with E-state index in [4.69, 9.17) is 4.74 Å². The first kappa shape index (κ1) is 14.8. The third kappa shape index (κ3) is 3.29. The van der Waals surface area contributed by atoms with Gasteiger partial charge in [0.05, 0.1) is 12.2 Å². The maximum Gasteiger partial charge on any atom is 0.241 e. The number of nitrogens with one attached hydrogen (secondary N) is 1. The molecule has 0 spiro atoms. The molecule has 110 valence electrons. The molecule has 0 radical (unpaired) electrons. The zero-order valence-corrected chi connectivity index (χ0v) is 12.7. The van der Waals surface area contributed by atoms with Gasteiger partial charge < -0.3 is 9.64 Å². The number of ether oxygens (including phenoxy) is 1. The molecule has 19 heavy (non-hydrogen) atoms. The van der Waals surface area contributed by atoms with Crippen molar-refractivity contribution in [3.8, 4) is 0 Å². The summed E-state index contributed by atoms with van der Waals surface area (Å²) in [6, 6.07) is 0.354. The molecule has 1 N–H and O–H groups in total. The first-order valence-corrected chi connectivity index (χ1v) is 7.66. The molecule has 1 amide bonds. The highest BCUT2D eigenvalue weighted by molar-refractivity contribution is 5.85. The highest BCUT2D eigenvalue weighted by Gasteiger charge is 2.43. The minimum atomic E-state index is -0.00778. The first-order chi connectivity index (χ1) is 9.00. The minimum absolute atomic E-state index is 0.00778. The molecule has 2 fully saturated rings. The Bertz CT molecular complexity index is 311. The highest BCUT2D eigenvalue weighted by atomic mass is 16.5. The maximum absolute atomic E-state index is 12.7. The Hall–Kier alpha value is -0.610. The lowest BCUT2D eigenvalue weighted by Gasteiger charge is -2.35. The fourth-order valence-corrected chi connectivity index (χ4v) is 3.18. The lowest BCUT2D eigenvalue weighted by atomic mass is 10.0. The second kappa shape index (κ2) is 6.23. The number of carbonyl (C=O) groups is 1. The molecular weight excluding hydrogens is 240 g/mol. The monoisotopic (exact) mass is 268 g/mol. The summed E-state index contributed by atoms with van der Waals surface area (Å²) in [6.45, 7) is 10.3. The summed E-state index contributed by atoms with van der Waals surface area (Å²) < 4.78 is 5.43. The molecule has 2 rings (SSSR count). The lowest BCUT2D eigenvalue weighted by Crippen LogP contribution is -2.47. The van der Waals surface area contributed by atoms with E-state index in [1.165, 1.54) is 0 Å². The van der Waals surface area contributed by atoms with Crippen molar-refractivity contribution < 1.29 is 9.53 Å². The van der Waals surface area contributed by atoms with Crippen LogP contribution in [0.5, 0.6) is 0 Å². The molecule has 2 aliphatic heterocycles. The van der Waals surface area contributed by atoms with Gasteiger partial charge in [0.1, 0.15) is 0 Å². The van der Waals surface area contributed by atoms with Crippen LogP contribution in [0.2, 0.25) is 0 Å². The number of amides is 1. The summed E-state index contributed by atoms with van der Waals surface area (Å²) >= 11 is 0. The molecule has 0 aliphatic carbocycles. The van der Waals surface area contributed by atoms with E-state index in [9.17, 15) is 4.79 Å². The zero-order chi connectivity index (χ0) is 14.0. The Labute approximate surface area is 116 Å². The average Bonchev–Trinajstić information content (AvgIpc) is 2.66. The molecule has 0 aromatic carbocycles. The van der Waals surface area contributed by atoms with Crippen molar-refractivity contribution in [1.29, 1.82) is 0 Å². The van der Waals surface area contributed by atoms with Crippen molar-refractivity contribution in [3.05, 3.63) is 0 Å². The summed E-state index contributed by atoms with van der Waals surface area (Å²) in [5.74, 6) is 1.25. The molecule has 0 aromatic heterocycles. The van der Waals surface area contributed by atoms with Gasteiger partial charge in [-0.1, -0.05) is 27.7 Å². The third-order valence-corrected chi connectivity index (χ3v) is 4.17. The smallest absolute Gasteiger partial charge is 0.241 e. The Kier molecular flexibility index (Phi) is 4.85. The summed E-state index contributed by atoms with van der Waals surface area (Å²) in [5.41, 5.74) is 0. The number of nitrogens with zero attached hydrogens (tertiary/aromatic N) is 1. The van der Waals surface area contributed by atoms with Gasteiger partial charge in [-0.3, -0.25) is 10.1 Å². The largest absolute Gasteiger partial charge is 0.381 e. The van der Waals surface area contributed by atoms with Gasteiger partial charge in [-0.05, 0) is 31.1 Å². The average molecular weight is 268 g/mol. The summed E-state index contributed by atoms with van der Waals surface area (Å²) in [6.07, 6.45) is 3.20. The van der Waals surface area contributed by atoms with Crippen LogP contribution in [0.4, 0.5) is 0 Å². The van der Waals surface area contributed by atoms with Crippen molar-refractivity contribution in [3.63, 3.8) is 0 Å². The Balaban J connectivity index is 2.12. The van der Waals surface area contributed by atoms with Gasteiger partial charge in [0.2, 0.25) is 5.91 Å². The van der Waals surface area contributed by atoms with Gasteiger partial charge in [0.25, 0.3) is 0 Å². The van der Waals surface area contributed by atoms with E-state index in [2.05, 4.69) is 37.9 Å². The van der Waals surface area contributed by atoms with E-state index in [0.717, 1.165) is 32.5 Å². The van der Waals surface area contributed by atoms with Gasteiger partial charge in [-0.15, -0.1) is 0 Å². The maximum atomic E-state index is 12.7. The predicted octanol–water partition coefficient (Wildman–Crippen LogP) is 1.99. The van der Waals surface area contributed by atoms with Gasteiger partial charge in [0.15, 0.2) is 0 Å². The number of carbonyl (C=O) groups excluding carboxylic acids is 1. The third-order valence-electron chi connectivity index (χ3n) is 4.17. The molecule has 4 nitrogen and oxygen atoms in total. The minimum Gasteiger partial charge on any atom is -0.381 e. The van der Waals surface area contributed by atoms with Crippen molar-refractivity contribution in [1.82, 2.24) is 10.2 Å². The molecule has 4 heteroatoms. The van der Waals surface area contributed by atoms with Gasteiger partial charge in [0, 0.05) is 19.3 Å². The van der Waals surface area contributed by atoms with Gasteiger partial charge in [-0.25, -0.2) is 0 Å². The lowest BCUT2D eigenvalue weighted by molar-refractivity contribution is -0.135. The molecular formula is C15H28N2O2. The molecule has 0 aromatic rings. The molecule has 2 saturated heterocycles. The van der Waals surface area contributed by atoms with Crippen LogP contribution >= 0.6 is 0 Å². The highest BCUT2D eigenvalue weighted by Crippen LogP contribution is 2.27. The van der Waals surface area contributed by atoms with E-state index >= 15 is 0 Å². The summed E-state index contributed by atoms with van der Waals surface area (Å²) in [4.78, 5) is 14.8. The molecule has 2 heterocycles. The fraction of sp³-hybridized carbons (Fsp3) is 0.933. The van der Waals surface area contributed by atoms with Crippen molar-refractivity contribution in [2.45, 2.75) is 65.2 Å². The number of hydrogen-bond acceptors (Lipinski definition) is 3. The second-order valence-corrected chi connectivity index (χ2v) is 6.62. The van der Waals surface area contributed by atoms with Crippen molar-refractivity contribution in [2.75, 3.05) is 13.2 Å². The molecule has 2 aliphatic rings. The van der Waals surface area contributed by atoms with E-state index in [-0.39, 0.29) is 12.2 Å². The Morgan fingerprint density at radius 2 is 1.89 bits per heavy atom. The van der Waals surface area contributed by atoms with Gasteiger partial charge in [-0.2, -0.15) is 0 Å². The topological polar surface area (TPSA) is 41.6 Å². The quantitative estimate of drug-likeness (QED) is 0.848. The van der Waals surface area contributed by atoms with Crippen LogP contribution in [-0.2, 0) is 9.53 Å².